The molecule has 1 aromatic heterocycles. The van der Waals surface area contributed by atoms with Gasteiger partial charge in [0.2, 0.25) is 5.91 Å². The third kappa shape index (κ3) is 6.18. The molecule has 3 aromatic rings. The first-order chi connectivity index (χ1) is 16.7. The summed E-state index contributed by atoms with van der Waals surface area (Å²) in [7, 11) is 1.66. The van der Waals surface area contributed by atoms with Gasteiger partial charge in [0.15, 0.2) is 11.0 Å². The van der Waals surface area contributed by atoms with Gasteiger partial charge in [0.05, 0.1) is 18.9 Å². The van der Waals surface area contributed by atoms with Crippen molar-refractivity contribution in [3.05, 3.63) is 66.0 Å². The van der Waals surface area contributed by atoms with Crippen LogP contribution in [-0.2, 0) is 11.2 Å². The number of benzene rings is 2. The molecular weight excluding hydrogens is 446 g/mol. The Balaban J connectivity index is 1.46. The summed E-state index contributed by atoms with van der Waals surface area (Å²) >= 11 is 1.42. The van der Waals surface area contributed by atoms with E-state index in [1.807, 2.05) is 42.5 Å². The average molecular weight is 480 g/mol. The lowest BCUT2D eigenvalue weighted by molar-refractivity contribution is -0.118. The molecule has 1 amide bonds. The van der Waals surface area contributed by atoms with Crippen LogP contribution in [0.3, 0.4) is 0 Å². The van der Waals surface area contributed by atoms with Crippen molar-refractivity contribution in [3.8, 4) is 11.4 Å². The van der Waals surface area contributed by atoms with Gasteiger partial charge in [0.25, 0.3) is 0 Å². The Hall–Kier alpha value is -2.84. The summed E-state index contributed by atoms with van der Waals surface area (Å²) in [6.07, 6.45) is 4.53. The Morgan fingerprint density at radius 1 is 1.06 bits per heavy atom. The second-order valence-corrected chi connectivity index (χ2v) is 9.46. The molecule has 1 fully saturated rings. The number of carbonyl (C=O) groups excluding carboxylic acids is 1. The number of methoxy groups -OCH3 is 1. The maximum atomic E-state index is 12.5. The summed E-state index contributed by atoms with van der Waals surface area (Å²) in [5, 5.41) is 12.8. The van der Waals surface area contributed by atoms with Crippen LogP contribution < -0.4 is 10.1 Å². The van der Waals surface area contributed by atoms with Crippen molar-refractivity contribution >= 4 is 17.7 Å². The van der Waals surface area contributed by atoms with Crippen molar-refractivity contribution in [2.75, 3.05) is 32.5 Å². The highest BCUT2D eigenvalue weighted by molar-refractivity contribution is 7.99. The molecule has 2 heterocycles. The molecule has 1 atom stereocenters. The number of thioether (sulfide) groups is 1. The number of piperidine rings is 1. The van der Waals surface area contributed by atoms with Crippen molar-refractivity contribution in [1.82, 2.24) is 25.0 Å². The largest absolute Gasteiger partial charge is 0.497 e. The molecule has 1 aliphatic heterocycles. The number of hydrogen-bond acceptors (Lipinski definition) is 6. The van der Waals surface area contributed by atoms with Gasteiger partial charge < -0.3 is 10.1 Å². The van der Waals surface area contributed by atoms with Crippen LogP contribution in [0.1, 0.15) is 43.6 Å². The van der Waals surface area contributed by atoms with Gasteiger partial charge in [0.1, 0.15) is 5.75 Å². The van der Waals surface area contributed by atoms with Gasteiger partial charge in [-0.1, -0.05) is 48.5 Å². The van der Waals surface area contributed by atoms with E-state index in [4.69, 9.17) is 4.74 Å². The average Bonchev–Trinajstić information content (AvgIpc) is 3.32. The Kier molecular flexibility index (Phi) is 8.60. The van der Waals surface area contributed by atoms with Gasteiger partial charge in [-0.3, -0.25) is 14.3 Å². The fourth-order valence-corrected chi connectivity index (χ4v) is 5.05. The first-order valence-electron chi connectivity index (χ1n) is 11.9. The molecule has 0 radical (unpaired) electrons. The molecule has 0 spiro atoms. The number of aromatic nitrogens is 3. The van der Waals surface area contributed by atoms with Crippen molar-refractivity contribution in [1.29, 1.82) is 0 Å². The highest BCUT2D eigenvalue weighted by atomic mass is 32.2. The predicted molar refractivity (Wildman–Crippen MR) is 136 cm³/mol. The molecule has 1 saturated heterocycles. The first-order valence-corrected chi connectivity index (χ1v) is 12.9. The summed E-state index contributed by atoms with van der Waals surface area (Å²) in [5.41, 5.74) is 2.18. The quantitative estimate of drug-likeness (QED) is 0.438. The number of hydrogen-bond donors (Lipinski definition) is 1. The molecule has 7 nitrogen and oxygen atoms in total. The summed E-state index contributed by atoms with van der Waals surface area (Å²) in [5.74, 6) is 1.99. The Morgan fingerprint density at radius 2 is 1.79 bits per heavy atom. The number of ether oxygens (including phenoxy) is 1. The summed E-state index contributed by atoms with van der Waals surface area (Å²) < 4.78 is 7.42. The van der Waals surface area contributed by atoms with Gasteiger partial charge in [-0.15, -0.1) is 10.2 Å². The zero-order valence-corrected chi connectivity index (χ0v) is 20.8. The van der Waals surface area contributed by atoms with E-state index in [9.17, 15) is 4.79 Å². The molecule has 8 heteroatoms. The van der Waals surface area contributed by atoms with Gasteiger partial charge >= 0.3 is 0 Å². The summed E-state index contributed by atoms with van der Waals surface area (Å²) in [6.45, 7) is 4.96. The van der Waals surface area contributed by atoms with Gasteiger partial charge in [-0.2, -0.15) is 0 Å². The number of likely N-dealkylation sites (tertiary alicyclic amines) is 1. The van der Waals surface area contributed by atoms with Crippen LogP contribution in [0.5, 0.6) is 5.75 Å². The van der Waals surface area contributed by atoms with Crippen LogP contribution >= 0.6 is 11.8 Å². The molecule has 2 aromatic carbocycles. The van der Waals surface area contributed by atoms with Gasteiger partial charge in [-0.25, -0.2) is 0 Å². The fraction of sp³-hybridized carbons (Fsp3) is 0.423. The van der Waals surface area contributed by atoms with Crippen molar-refractivity contribution in [3.63, 3.8) is 0 Å². The van der Waals surface area contributed by atoms with E-state index in [0.717, 1.165) is 41.9 Å². The van der Waals surface area contributed by atoms with Gasteiger partial charge in [0, 0.05) is 12.2 Å². The minimum absolute atomic E-state index is 0.00385. The van der Waals surface area contributed by atoms with Crippen LogP contribution in [-0.4, -0.2) is 58.1 Å². The number of nitrogens with one attached hydrogen (secondary N) is 1. The maximum Gasteiger partial charge on any atom is 0.230 e. The maximum absolute atomic E-state index is 12.5. The molecule has 0 bridgehead atoms. The van der Waals surface area contributed by atoms with Crippen LogP contribution in [0.25, 0.3) is 5.69 Å². The van der Waals surface area contributed by atoms with E-state index in [1.165, 1.54) is 36.6 Å². The second-order valence-electron chi connectivity index (χ2n) is 8.52. The molecule has 0 saturated carbocycles. The zero-order valence-electron chi connectivity index (χ0n) is 19.9. The van der Waals surface area contributed by atoms with E-state index in [0.29, 0.717) is 12.3 Å². The third-order valence-electron chi connectivity index (χ3n) is 6.21. The summed E-state index contributed by atoms with van der Waals surface area (Å²) in [4.78, 5) is 15.0. The number of amides is 1. The SMILES string of the molecule is COc1ccc(-n2c(SCC(=O)NCCc3ccccc3)nnc2[C@H](C)N2CCCCC2)cc1. The topological polar surface area (TPSA) is 72.3 Å². The lowest BCUT2D eigenvalue weighted by atomic mass is 10.1. The van der Waals surface area contributed by atoms with E-state index in [1.54, 1.807) is 7.11 Å². The molecular formula is C26H33N5O2S. The molecule has 4 rings (SSSR count). The predicted octanol–water partition coefficient (Wildman–Crippen LogP) is 4.27. The van der Waals surface area contributed by atoms with Crippen molar-refractivity contribution in [2.45, 2.75) is 43.8 Å². The number of nitrogens with zero attached hydrogens (tertiary/aromatic N) is 4. The number of rotatable bonds is 10. The second kappa shape index (κ2) is 12.0. The molecule has 180 valence electrons. The molecule has 1 aliphatic rings. The van der Waals surface area contributed by atoms with Crippen molar-refractivity contribution in [2.24, 2.45) is 0 Å². The van der Waals surface area contributed by atoms with E-state index in [-0.39, 0.29) is 11.9 Å². The fourth-order valence-electron chi connectivity index (χ4n) is 4.26. The minimum atomic E-state index is -0.00385. The lowest BCUT2D eigenvalue weighted by Crippen LogP contribution is -2.33. The zero-order chi connectivity index (χ0) is 23.8. The number of carbonyl (C=O) groups is 1. The third-order valence-corrected chi connectivity index (χ3v) is 7.14. The first kappa shape index (κ1) is 24.3. The Bertz CT molecular complexity index is 1050. The van der Waals surface area contributed by atoms with Gasteiger partial charge in [-0.05, 0) is 69.1 Å². The van der Waals surface area contributed by atoms with E-state index < -0.39 is 0 Å². The van der Waals surface area contributed by atoms with Crippen molar-refractivity contribution < 1.29 is 9.53 Å². The smallest absolute Gasteiger partial charge is 0.230 e. The van der Waals surface area contributed by atoms with Crippen LogP contribution in [0.15, 0.2) is 59.8 Å². The molecule has 34 heavy (non-hydrogen) atoms. The normalized spacial score (nSPS) is 15.1. The molecule has 0 unspecified atom stereocenters. The van der Waals surface area contributed by atoms with Crippen LogP contribution in [0, 0.1) is 0 Å². The summed E-state index contributed by atoms with van der Waals surface area (Å²) in [6, 6.07) is 18.2. The van der Waals surface area contributed by atoms with E-state index in [2.05, 4.69) is 44.0 Å². The lowest BCUT2D eigenvalue weighted by Gasteiger charge is -2.31. The Labute approximate surface area is 205 Å². The molecule has 1 N–H and O–H groups in total. The van der Waals surface area contributed by atoms with Crippen LogP contribution in [0.4, 0.5) is 0 Å². The van der Waals surface area contributed by atoms with Crippen LogP contribution in [0.2, 0.25) is 0 Å². The minimum Gasteiger partial charge on any atom is -0.497 e. The standard InChI is InChI=1S/C26H33N5O2S/c1-20(30-17-7-4-8-18-30)25-28-29-26(31(25)22-11-13-23(33-2)14-12-22)34-19-24(32)27-16-15-21-9-5-3-6-10-21/h3,5-6,9-14,20H,4,7-8,15-19H2,1-2H3,(H,27,32)/t20-/m0/s1. The molecule has 0 aliphatic carbocycles. The monoisotopic (exact) mass is 479 g/mol. The van der Waals surface area contributed by atoms with E-state index >= 15 is 0 Å². The Morgan fingerprint density at radius 3 is 2.50 bits per heavy atom. The highest BCUT2D eigenvalue weighted by Crippen LogP contribution is 2.30. The highest BCUT2D eigenvalue weighted by Gasteiger charge is 2.25.